The number of hydrogen-bond acceptors (Lipinski definition) is 4. The molecule has 0 spiro atoms. The van der Waals surface area contributed by atoms with Crippen LogP contribution in [-0.4, -0.2) is 15.2 Å². The molecule has 0 saturated heterocycles. The molecule has 1 aromatic heterocycles. The Bertz CT molecular complexity index is 857. The molecule has 3 aromatic rings. The molecule has 7 heteroatoms. The van der Waals surface area contributed by atoms with Crippen LogP contribution in [-0.2, 0) is 12.6 Å². The number of aliphatic hydroxyl groups excluding tert-OH is 1. The number of rotatable bonds is 4. The quantitative estimate of drug-likeness (QED) is 0.762. The number of aliphatic hydroxyl groups is 1. The largest absolute Gasteiger partial charge is 0.416 e. The van der Waals surface area contributed by atoms with Gasteiger partial charge < -0.3 is 9.63 Å². The first-order valence-corrected chi connectivity index (χ1v) is 7.58. The van der Waals surface area contributed by atoms with Crippen molar-refractivity contribution in [2.75, 3.05) is 0 Å². The summed E-state index contributed by atoms with van der Waals surface area (Å²) < 4.78 is 42.9. The molecule has 0 aliphatic heterocycles. The first-order valence-electron chi connectivity index (χ1n) is 7.58. The summed E-state index contributed by atoms with van der Waals surface area (Å²) in [6.45, 7) is 1.69. The van der Waals surface area contributed by atoms with E-state index in [4.69, 9.17) is 4.52 Å². The molecule has 0 aliphatic carbocycles. The lowest BCUT2D eigenvalue weighted by Gasteiger charge is -2.11. The van der Waals surface area contributed by atoms with Crippen molar-refractivity contribution < 1.29 is 22.8 Å². The number of benzene rings is 2. The Hall–Kier alpha value is -2.67. The van der Waals surface area contributed by atoms with Gasteiger partial charge in [-0.15, -0.1) is 0 Å². The second-order valence-electron chi connectivity index (χ2n) is 5.66. The van der Waals surface area contributed by atoms with Gasteiger partial charge in [-0.1, -0.05) is 35.5 Å². The lowest BCUT2D eigenvalue weighted by Crippen LogP contribution is -2.04. The molecule has 0 saturated carbocycles. The normalized spacial score (nSPS) is 13.0. The lowest BCUT2D eigenvalue weighted by molar-refractivity contribution is -0.137. The molecule has 1 atom stereocenters. The van der Waals surface area contributed by atoms with Gasteiger partial charge in [-0.3, -0.25) is 0 Å². The van der Waals surface area contributed by atoms with Crippen molar-refractivity contribution in [1.29, 1.82) is 0 Å². The highest BCUT2D eigenvalue weighted by molar-refractivity contribution is 5.64. The van der Waals surface area contributed by atoms with Crippen LogP contribution in [0.4, 0.5) is 13.2 Å². The average molecular weight is 348 g/mol. The van der Waals surface area contributed by atoms with Crippen molar-refractivity contribution in [2.24, 2.45) is 0 Å². The SMILES string of the molecule is Cc1noc(CC(O)c2cccc(-c3ccc(C(F)(F)F)cc3)c2)n1. The number of aryl methyl sites for hydroxylation is 1. The lowest BCUT2D eigenvalue weighted by atomic mass is 9.98. The van der Waals surface area contributed by atoms with Gasteiger partial charge in [-0.05, 0) is 41.8 Å². The van der Waals surface area contributed by atoms with Crippen LogP contribution in [0.3, 0.4) is 0 Å². The maximum Gasteiger partial charge on any atom is 0.416 e. The van der Waals surface area contributed by atoms with Crippen LogP contribution in [0.2, 0.25) is 0 Å². The van der Waals surface area contributed by atoms with Gasteiger partial charge in [0.15, 0.2) is 5.82 Å². The van der Waals surface area contributed by atoms with E-state index in [-0.39, 0.29) is 6.42 Å². The fourth-order valence-electron chi connectivity index (χ4n) is 2.48. The Labute approximate surface area is 141 Å². The van der Waals surface area contributed by atoms with Crippen molar-refractivity contribution in [2.45, 2.75) is 25.6 Å². The molecule has 0 aliphatic rings. The van der Waals surface area contributed by atoms with Crippen LogP contribution in [0.25, 0.3) is 11.1 Å². The summed E-state index contributed by atoms with van der Waals surface area (Å²) >= 11 is 0. The summed E-state index contributed by atoms with van der Waals surface area (Å²) in [6, 6.07) is 11.9. The standard InChI is InChI=1S/C18H15F3N2O2/c1-11-22-17(25-23-11)10-16(24)14-4-2-3-13(9-14)12-5-7-15(8-6-12)18(19,20)21/h2-9,16,24H,10H2,1H3. The van der Waals surface area contributed by atoms with E-state index in [9.17, 15) is 18.3 Å². The highest BCUT2D eigenvalue weighted by Gasteiger charge is 2.30. The highest BCUT2D eigenvalue weighted by atomic mass is 19.4. The summed E-state index contributed by atoms with van der Waals surface area (Å²) in [5, 5.41) is 14.0. The van der Waals surface area contributed by atoms with E-state index < -0.39 is 17.8 Å². The van der Waals surface area contributed by atoms with Gasteiger partial charge in [-0.2, -0.15) is 18.2 Å². The van der Waals surface area contributed by atoms with Gasteiger partial charge in [0.1, 0.15) is 0 Å². The summed E-state index contributed by atoms with van der Waals surface area (Å²) in [4.78, 5) is 4.05. The summed E-state index contributed by atoms with van der Waals surface area (Å²) in [5.74, 6) is 0.811. The van der Waals surface area contributed by atoms with Crippen molar-refractivity contribution in [1.82, 2.24) is 10.1 Å². The van der Waals surface area contributed by atoms with Gasteiger partial charge in [0.2, 0.25) is 5.89 Å². The number of alkyl halides is 3. The van der Waals surface area contributed by atoms with E-state index in [0.717, 1.165) is 12.1 Å². The zero-order valence-electron chi connectivity index (χ0n) is 13.3. The first-order chi connectivity index (χ1) is 11.8. The van der Waals surface area contributed by atoms with Crippen LogP contribution >= 0.6 is 0 Å². The minimum absolute atomic E-state index is 0.164. The predicted molar refractivity (Wildman–Crippen MR) is 84.6 cm³/mol. The summed E-state index contributed by atoms with van der Waals surface area (Å²) in [6.07, 6.45) is -5.05. The Kier molecular flexibility index (Phi) is 4.59. The topological polar surface area (TPSA) is 59.2 Å². The summed E-state index contributed by atoms with van der Waals surface area (Å²) in [7, 11) is 0. The van der Waals surface area contributed by atoms with Crippen molar-refractivity contribution in [3.63, 3.8) is 0 Å². The third-order valence-electron chi connectivity index (χ3n) is 3.75. The van der Waals surface area contributed by atoms with Crippen LogP contribution < -0.4 is 0 Å². The molecule has 0 radical (unpaired) electrons. The molecule has 1 N–H and O–H groups in total. The third kappa shape index (κ3) is 4.06. The number of halogens is 3. The van der Waals surface area contributed by atoms with Gasteiger partial charge in [0.05, 0.1) is 18.1 Å². The molecule has 0 bridgehead atoms. The van der Waals surface area contributed by atoms with Gasteiger partial charge in [0.25, 0.3) is 0 Å². The zero-order valence-corrected chi connectivity index (χ0v) is 13.3. The van der Waals surface area contributed by atoms with E-state index in [1.54, 1.807) is 31.2 Å². The van der Waals surface area contributed by atoms with Gasteiger partial charge in [-0.25, -0.2) is 0 Å². The predicted octanol–water partition coefficient (Wildman–Crippen LogP) is 4.34. The maximum absolute atomic E-state index is 12.6. The maximum atomic E-state index is 12.6. The van der Waals surface area contributed by atoms with E-state index in [1.807, 2.05) is 0 Å². The van der Waals surface area contributed by atoms with E-state index >= 15 is 0 Å². The fourth-order valence-corrected chi connectivity index (χ4v) is 2.48. The number of aromatic nitrogens is 2. The molecule has 2 aromatic carbocycles. The minimum Gasteiger partial charge on any atom is -0.388 e. The molecule has 0 amide bonds. The molecular weight excluding hydrogens is 333 g/mol. The molecule has 0 fully saturated rings. The summed E-state index contributed by atoms with van der Waals surface area (Å²) in [5.41, 5.74) is 1.27. The van der Waals surface area contributed by atoms with E-state index in [2.05, 4.69) is 10.1 Å². The molecule has 25 heavy (non-hydrogen) atoms. The Morgan fingerprint density at radius 3 is 2.40 bits per heavy atom. The van der Waals surface area contributed by atoms with Gasteiger partial charge >= 0.3 is 6.18 Å². The molecule has 1 unspecified atom stereocenters. The Morgan fingerprint density at radius 2 is 1.80 bits per heavy atom. The minimum atomic E-state index is -4.36. The smallest absolute Gasteiger partial charge is 0.388 e. The van der Waals surface area contributed by atoms with Crippen LogP contribution in [0.5, 0.6) is 0 Å². The van der Waals surface area contributed by atoms with E-state index in [1.165, 1.54) is 12.1 Å². The van der Waals surface area contributed by atoms with Crippen molar-refractivity contribution in [3.05, 3.63) is 71.4 Å². The fraction of sp³-hybridized carbons (Fsp3) is 0.222. The number of hydrogen-bond donors (Lipinski definition) is 1. The van der Waals surface area contributed by atoms with Crippen LogP contribution in [0.15, 0.2) is 53.1 Å². The Morgan fingerprint density at radius 1 is 1.08 bits per heavy atom. The van der Waals surface area contributed by atoms with Crippen LogP contribution in [0.1, 0.15) is 28.9 Å². The van der Waals surface area contributed by atoms with E-state index in [0.29, 0.717) is 28.4 Å². The molecule has 3 rings (SSSR count). The average Bonchev–Trinajstić information content (AvgIpc) is 2.99. The van der Waals surface area contributed by atoms with Crippen molar-refractivity contribution >= 4 is 0 Å². The molecule has 130 valence electrons. The molecule has 1 heterocycles. The second kappa shape index (κ2) is 6.68. The molecular formula is C18H15F3N2O2. The second-order valence-corrected chi connectivity index (χ2v) is 5.66. The zero-order chi connectivity index (χ0) is 18.0. The molecule has 4 nitrogen and oxygen atoms in total. The van der Waals surface area contributed by atoms with Crippen molar-refractivity contribution in [3.8, 4) is 11.1 Å². The third-order valence-corrected chi connectivity index (χ3v) is 3.75. The first kappa shape index (κ1) is 17.2. The number of nitrogens with zero attached hydrogens (tertiary/aromatic N) is 2. The van der Waals surface area contributed by atoms with Gasteiger partial charge in [0, 0.05) is 0 Å². The highest BCUT2D eigenvalue weighted by Crippen LogP contribution is 2.31. The van der Waals surface area contributed by atoms with Crippen LogP contribution in [0, 0.1) is 6.92 Å². The monoisotopic (exact) mass is 348 g/mol. The Balaban J connectivity index is 1.81.